The van der Waals surface area contributed by atoms with Crippen molar-refractivity contribution in [2.24, 2.45) is 5.41 Å². The van der Waals surface area contributed by atoms with Gasteiger partial charge in [0, 0.05) is 0 Å². The van der Waals surface area contributed by atoms with Gasteiger partial charge in [0.1, 0.15) is 0 Å². The first-order chi connectivity index (χ1) is 9.57. The Labute approximate surface area is 121 Å². The van der Waals surface area contributed by atoms with Crippen LogP contribution in [0.1, 0.15) is 83.5 Å². The molecule has 0 aliphatic heterocycles. The summed E-state index contributed by atoms with van der Waals surface area (Å²) in [6.07, 6.45) is 11.8. The highest BCUT2D eigenvalue weighted by atomic mass is 16.4. The number of aliphatic carboxylic acids is 2. The normalized spacial score (nSPS) is 22.0. The highest BCUT2D eigenvalue weighted by Gasteiger charge is 2.39. The molecule has 116 valence electrons. The van der Waals surface area contributed by atoms with E-state index < -0.39 is 17.4 Å². The molecule has 1 saturated carbocycles. The van der Waals surface area contributed by atoms with Gasteiger partial charge < -0.3 is 10.2 Å². The van der Waals surface area contributed by atoms with Crippen molar-refractivity contribution in [3.05, 3.63) is 0 Å². The van der Waals surface area contributed by atoms with Crippen LogP contribution in [0.15, 0.2) is 0 Å². The van der Waals surface area contributed by atoms with E-state index >= 15 is 0 Å². The number of carboxylic acids is 2. The maximum absolute atomic E-state index is 11.6. The molecule has 0 saturated heterocycles. The Morgan fingerprint density at radius 1 is 0.700 bits per heavy atom. The van der Waals surface area contributed by atoms with Gasteiger partial charge in [-0.15, -0.1) is 0 Å². The average Bonchev–Trinajstić information content (AvgIpc) is 2.40. The zero-order chi connectivity index (χ0) is 14.8. The number of rotatable bonds is 3. The molecular weight excluding hydrogens is 256 g/mol. The van der Waals surface area contributed by atoms with Gasteiger partial charge in [-0.25, -0.2) is 0 Å². The first-order valence-corrected chi connectivity index (χ1v) is 8.02. The quantitative estimate of drug-likeness (QED) is 0.813. The van der Waals surface area contributed by atoms with Crippen molar-refractivity contribution in [3.63, 3.8) is 0 Å². The Morgan fingerprint density at radius 3 is 1.35 bits per heavy atom. The molecule has 0 unspecified atom stereocenters. The minimum absolute atomic E-state index is 0.234. The standard InChI is InChI=1S/C16H28O4/c17-14(18)13-16(15(19)20)11-9-7-5-3-1-2-4-6-8-10-12-16/h1-13H2,(H,17,18)(H,19,20). The lowest BCUT2D eigenvalue weighted by Gasteiger charge is -2.28. The number of hydrogen-bond donors (Lipinski definition) is 2. The van der Waals surface area contributed by atoms with E-state index in [-0.39, 0.29) is 6.42 Å². The average molecular weight is 284 g/mol. The Hall–Kier alpha value is -1.06. The Kier molecular flexibility index (Phi) is 7.63. The first kappa shape index (κ1) is 17.0. The van der Waals surface area contributed by atoms with Gasteiger partial charge >= 0.3 is 11.9 Å². The molecule has 0 amide bonds. The fourth-order valence-electron chi connectivity index (χ4n) is 3.22. The van der Waals surface area contributed by atoms with Crippen molar-refractivity contribution < 1.29 is 19.8 Å². The highest BCUT2D eigenvalue weighted by molar-refractivity contribution is 5.81. The topological polar surface area (TPSA) is 74.6 Å². The van der Waals surface area contributed by atoms with E-state index in [0.717, 1.165) is 38.5 Å². The van der Waals surface area contributed by atoms with Crippen molar-refractivity contribution in [1.29, 1.82) is 0 Å². The first-order valence-electron chi connectivity index (χ1n) is 8.02. The molecule has 0 spiro atoms. The zero-order valence-corrected chi connectivity index (χ0v) is 12.4. The Bertz CT molecular complexity index is 298. The van der Waals surface area contributed by atoms with Gasteiger partial charge in [0.2, 0.25) is 0 Å². The van der Waals surface area contributed by atoms with Crippen LogP contribution in [-0.4, -0.2) is 22.2 Å². The van der Waals surface area contributed by atoms with Crippen molar-refractivity contribution in [3.8, 4) is 0 Å². The summed E-state index contributed by atoms with van der Waals surface area (Å²) in [6, 6.07) is 0. The van der Waals surface area contributed by atoms with E-state index in [1.807, 2.05) is 0 Å². The van der Waals surface area contributed by atoms with Crippen molar-refractivity contribution >= 4 is 11.9 Å². The smallest absolute Gasteiger partial charge is 0.310 e. The van der Waals surface area contributed by atoms with E-state index in [1.54, 1.807) is 0 Å². The summed E-state index contributed by atoms with van der Waals surface area (Å²) in [5, 5.41) is 18.6. The molecule has 2 N–H and O–H groups in total. The molecule has 1 rings (SSSR count). The van der Waals surface area contributed by atoms with E-state index in [9.17, 15) is 14.7 Å². The molecule has 4 nitrogen and oxygen atoms in total. The van der Waals surface area contributed by atoms with E-state index in [4.69, 9.17) is 5.11 Å². The minimum atomic E-state index is -1.04. The van der Waals surface area contributed by atoms with Gasteiger partial charge in [-0.3, -0.25) is 9.59 Å². The van der Waals surface area contributed by atoms with Crippen LogP contribution < -0.4 is 0 Å². The summed E-state index contributed by atoms with van der Waals surface area (Å²) in [6.45, 7) is 0. The summed E-state index contributed by atoms with van der Waals surface area (Å²) in [5.41, 5.74) is -1.04. The molecule has 4 heteroatoms. The maximum Gasteiger partial charge on any atom is 0.310 e. The van der Waals surface area contributed by atoms with Gasteiger partial charge in [-0.1, -0.05) is 64.2 Å². The van der Waals surface area contributed by atoms with Gasteiger partial charge in [0.05, 0.1) is 11.8 Å². The summed E-state index contributed by atoms with van der Waals surface area (Å²) in [5.74, 6) is -1.91. The second kappa shape index (κ2) is 8.98. The van der Waals surface area contributed by atoms with Gasteiger partial charge in [0.15, 0.2) is 0 Å². The van der Waals surface area contributed by atoms with Crippen molar-refractivity contribution in [1.82, 2.24) is 0 Å². The zero-order valence-electron chi connectivity index (χ0n) is 12.4. The third kappa shape index (κ3) is 5.93. The monoisotopic (exact) mass is 284 g/mol. The third-order valence-electron chi connectivity index (χ3n) is 4.50. The molecule has 0 heterocycles. The molecule has 0 aromatic rings. The van der Waals surface area contributed by atoms with Crippen LogP contribution in [0.2, 0.25) is 0 Å². The van der Waals surface area contributed by atoms with Crippen molar-refractivity contribution in [2.75, 3.05) is 0 Å². The molecule has 0 radical (unpaired) electrons. The Morgan fingerprint density at radius 2 is 1.05 bits per heavy atom. The summed E-state index contributed by atoms with van der Waals surface area (Å²) < 4.78 is 0. The van der Waals surface area contributed by atoms with Crippen LogP contribution in [-0.2, 0) is 9.59 Å². The number of carboxylic acid groups (broad SMARTS) is 2. The molecule has 0 aromatic heterocycles. The number of hydrogen-bond acceptors (Lipinski definition) is 2. The van der Waals surface area contributed by atoms with Gasteiger partial charge in [-0.2, -0.15) is 0 Å². The van der Waals surface area contributed by atoms with E-state index in [1.165, 1.54) is 25.7 Å². The minimum Gasteiger partial charge on any atom is -0.481 e. The lowest BCUT2D eigenvalue weighted by Crippen LogP contribution is -2.33. The maximum atomic E-state index is 11.6. The summed E-state index contributed by atoms with van der Waals surface area (Å²) in [7, 11) is 0. The van der Waals surface area contributed by atoms with Gasteiger partial charge in [-0.05, 0) is 12.8 Å². The Balaban J connectivity index is 2.68. The van der Waals surface area contributed by atoms with Crippen LogP contribution in [0.3, 0.4) is 0 Å². The highest BCUT2D eigenvalue weighted by Crippen LogP contribution is 2.36. The number of carbonyl (C=O) groups is 2. The van der Waals surface area contributed by atoms with Crippen LogP contribution in [0, 0.1) is 5.41 Å². The predicted octanol–water partition coefficient (Wildman–Crippen LogP) is 4.23. The largest absolute Gasteiger partial charge is 0.481 e. The fourth-order valence-corrected chi connectivity index (χ4v) is 3.22. The molecule has 0 atom stereocenters. The third-order valence-corrected chi connectivity index (χ3v) is 4.50. The molecule has 1 fully saturated rings. The molecule has 20 heavy (non-hydrogen) atoms. The molecule has 0 bridgehead atoms. The predicted molar refractivity (Wildman–Crippen MR) is 77.7 cm³/mol. The lowest BCUT2D eigenvalue weighted by atomic mass is 9.75. The van der Waals surface area contributed by atoms with Crippen LogP contribution in [0.5, 0.6) is 0 Å². The summed E-state index contributed by atoms with van der Waals surface area (Å²) in [4.78, 5) is 22.7. The van der Waals surface area contributed by atoms with E-state index in [0.29, 0.717) is 12.8 Å². The molecule has 1 aliphatic carbocycles. The van der Waals surface area contributed by atoms with Crippen LogP contribution in [0.25, 0.3) is 0 Å². The molecule has 1 aliphatic rings. The van der Waals surface area contributed by atoms with Crippen LogP contribution >= 0.6 is 0 Å². The molecule has 0 aromatic carbocycles. The second-order valence-electron chi connectivity index (χ2n) is 6.19. The summed E-state index contributed by atoms with van der Waals surface area (Å²) >= 11 is 0. The fraction of sp³-hybridized carbons (Fsp3) is 0.875. The molecular formula is C16H28O4. The van der Waals surface area contributed by atoms with Gasteiger partial charge in [0.25, 0.3) is 0 Å². The second-order valence-corrected chi connectivity index (χ2v) is 6.19. The van der Waals surface area contributed by atoms with Crippen molar-refractivity contribution in [2.45, 2.75) is 83.5 Å². The SMILES string of the molecule is O=C(O)CC1(C(=O)O)CCCCCCCCCCCC1. The van der Waals surface area contributed by atoms with Crippen LogP contribution in [0.4, 0.5) is 0 Å². The van der Waals surface area contributed by atoms with E-state index in [2.05, 4.69) is 0 Å². The lowest BCUT2D eigenvalue weighted by molar-refractivity contribution is -0.157.